The number of hydrogen-bond donors (Lipinski definition) is 0. The monoisotopic (exact) mass is 464 g/mol. The van der Waals surface area contributed by atoms with E-state index in [1.165, 1.54) is 30.0 Å². The van der Waals surface area contributed by atoms with Crippen molar-refractivity contribution >= 4 is 17.9 Å². The third kappa shape index (κ3) is 6.04. The molecule has 0 aliphatic carbocycles. The van der Waals surface area contributed by atoms with Gasteiger partial charge in [-0.25, -0.2) is 4.79 Å². The Hall–Kier alpha value is -3.61. The van der Waals surface area contributed by atoms with Gasteiger partial charge >= 0.3 is 6.09 Å². The lowest BCUT2D eigenvalue weighted by Crippen LogP contribution is -2.54. The second-order valence-electron chi connectivity index (χ2n) is 9.30. The number of rotatable bonds is 7. The fourth-order valence-electron chi connectivity index (χ4n) is 3.90. The van der Waals surface area contributed by atoms with Gasteiger partial charge in [-0.2, -0.15) is 0 Å². The highest BCUT2D eigenvalue weighted by Gasteiger charge is 2.43. The van der Waals surface area contributed by atoms with E-state index in [0.29, 0.717) is 12.2 Å². The first-order chi connectivity index (χ1) is 16.1. The van der Waals surface area contributed by atoms with Crippen LogP contribution in [0.15, 0.2) is 72.5 Å². The number of methoxy groups -OCH3 is 1. The number of carbonyl (C=O) groups excluding carboxylic acids is 3. The van der Waals surface area contributed by atoms with Crippen LogP contribution < -0.4 is 0 Å². The average molecular weight is 465 g/mol. The molecule has 0 saturated heterocycles. The lowest BCUT2D eigenvalue weighted by atomic mass is 10.0. The van der Waals surface area contributed by atoms with Crippen LogP contribution in [0, 0.1) is 0 Å². The summed E-state index contributed by atoms with van der Waals surface area (Å²) in [7, 11) is 3.01. The maximum Gasteiger partial charge on any atom is 0.410 e. The van der Waals surface area contributed by atoms with Crippen molar-refractivity contribution in [3.8, 4) is 0 Å². The van der Waals surface area contributed by atoms with Crippen molar-refractivity contribution < 1.29 is 23.9 Å². The van der Waals surface area contributed by atoms with Crippen molar-refractivity contribution in [2.24, 2.45) is 0 Å². The van der Waals surface area contributed by atoms with Gasteiger partial charge in [0.1, 0.15) is 23.4 Å². The van der Waals surface area contributed by atoms with E-state index in [-0.39, 0.29) is 6.42 Å². The molecule has 1 heterocycles. The molecular weight excluding hydrogens is 432 g/mol. The predicted molar refractivity (Wildman–Crippen MR) is 129 cm³/mol. The van der Waals surface area contributed by atoms with E-state index in [4.69, 9.17) is 9.47 Å². The highest BCUT2D eigenvalue weighted by molar-refractivity contribution is 6.06. The van der Waals surface area contributed by atoms with Gasteiger partial charge in [-0.3, -0.25) is 19.4 Å². The zero-order valence-electron chi connectivity index (χ0n) is 20.4. The summed E-state index contributed by atoms with van der Waals surface area (Å²) in [5.41, 5.74) is 1.10. The van der Waals surface area contributed by atoms with Crippen molar-refractivity contribution in [3.63, 3.8) is 0 Å². The van der Waals surface area contributed by atoms with E-state index in [1.807, 2.05) is 60.7 Å². The largest absolute Gasteiger partial charge is 0.499 e. The van der Waals surface area contributed by atoms with Gasteiger partial charge in [0.15, 0.2) is 0 Å². The molecule has 0 unspecified atom stereocenters. The van der Waals surface area contributed by atoms with E-state index in [9.17, 15) is 14.4 Å². The molecule has 180 valence electrons. The topological polar surface area (TPSA) is 76.2 Å². The van der Waals surface area contributed by atoms with Crippen LogP contribution in [0.3, 0.4) is 0 Å². The van der Waals surface area contributed by atoms with Gasteiger partial charge < -0.3 is 9.47 Å². The summed E-state index contributed by atoms with van der Waals surface area (Å²) < 4.78 is 11.0. The standard InChI is InChI=1S/C27H32N2O5/c1-27(2,3)34-26(32)28(4)22(17-20-14-10-7-11-15-20)25(31)29-21(23(33-5)18-24(29)30)16-19-12-8-6-9-13-19/h6-15,18,21-22H,16-17H2,1-5H3/t21-,22-/m0/s1. The van der Waals surface area contributed by atoms with Crippen LogP contribution in [0.25, 0.3) is 0 Å². The molecule has 7 nitrogen and oxygen atoms in total. The Balaban J connectivity index is 1.94. The first-order valence-electron chi connectivity index (χ1n) is 11.3. The lowest BCUT2D eigenvalue weighted by molar-refractivity contribution is -0.146. The van der Waals surface area contributed by atoms with Gasteiger partial charge in [-0.15, -0.1) is 0 Å². The Bertz CT molecular complexity index is 1040. The molecule has 2 aromatic rings. The minimum Gasteiger partial charge on any atom is -0.499 e. The second kappa shape index (κ2) is 10.5. The molecule has 34 heavy (non-hydrogen) atoms. The third-order valence-electron chi connectivity index (χ3n) is 5.59. The maximum atomic E-state index is 13.9. The maximum absolute atomic E-state index is 13.9. The van der Waals surface area contributed by atoms with Gasteiger partial charge in [0.2, 0.25) is 0 Å². The first-order valence-corrected chi connectivity index (χ1v) is 11.3. The first kappa shape index (κ1) is 25.0. The molecule has 0 bridgehead atoms. The van der Waals surface area contributed by atoms with Gasteiger partial charge in [0.25, 0.3) is 11.8 Å². The number of nitrogens with zero attached hydrogens (tertiary/aromatic N) is 2. The lowest BCUT2D eigenvalue weighted by Gasteiger charge is -2.34. The average Bonchev–Trinajstić information content (AvgIpc) is 3.11. The van der Waals surface area contributed by atoms with E-state index in [0.717, 1.165) is 11.1 Å². The molecule has 7 heteroatoms. The molecule has 0 aromatic heterocycles. The van der Waals surface area contributed by atoms with Gasteiger partial charge in [-0.1, -0.05) is 60.7 Å². The number of carbonyl (C=O) groups is 3. The number of imide groups is 1. The zero-order valence-corrected chi connectivity index (χ0v) is 20.4. The molecule has 0 saturated carbocycles. The molecule has 0 fully saturated rings. The van der Waals surface area contributed by atoms with Gasteiger partial charge in [0.05, 0.1) is 7.11 Å². The summed E-state index contributed by atoms with van der Waals surface area (Å²) in [5.74, 6) is -0.523. The Morgan fingerprint density at radius 1 is 1.00 bits per heavy atom. The fraction of sp³-hybridized carbons (Fsp3) is 0.370. The summed E-state index contributed by atoms with van der Waals surface area (Å²) >= 11 is 0. The van der Waals surface area contributed by atoms with Crippen molar-refractivity contribution in [2.75, 3.05) is 14.2 Å². The van der Waals surface area contributed by atoms with Crippen molar-refractivity contribution in [2.45, 2.75) is 51.3 Å². The Kier molecular flexibility index (Phi) is 7.76. The molecule has 2 aromatic carbocycles. The Morgan fingerprint density at radius 2 is 1.56 bits per heavy atom. The Labute approximate surface area is 200 Å². The predicted octanol–water partition coefficient (Wildman–Crippen LogP) is 3.98. The summed E-state index contributed by atoms with van der Waals surface area (Å²) in [5, 5.41) is 0. The minimum absolute atomic E-state index is 0.236. The van der Waals surface area contributed by atoms with Crippen LogP contribution in [0.4, 0.5) is 4.79 Å². The quantitative estimate of drug-likeness (QED) is 0.620. The third-order valence-corrected chi connectivity index (χ3v) is 5.59. The minimum atomic E-state index is -0.941. The molecule has 1 aliphatic heterocycles. The summed E-state index contributed by atoms with van der Waals surface area (Å²) in [4.78, 5) is 42.3. The molecule has 3 rings (SSSR count). The van der Waals surface area contributed by atoms with Crippen molar-refractivity contribution in [3.05, 3.63) is 83.6 Å². The van der Waals surface area contributed by atoms with Gasteiger partial charge in [0, 0.05) is 26.0 Å². The summed E-state index contributed by atoms with van der Waals surface area (Å²) in [6, 6.07) is 17.4. The van der Waals surface area contributed by atoms with E-state index < -0.39 is 35.6 Å². The molecule has 1 aliphatic rings. The zero-order chi connectivity index (χ0) is 24.9. The SMILES string of the molecule is COC1=CC(=O)N(C(=O)[C@H](Cc2ccccc2)N(C)C(=O)OC(C)(C)C)[C@H]1Cc1ccccc1. The van der Waals surface area contributed by atoms with Crippen LogP contribution in [-0.2, 0) is 31.9 Å². The summed E-state index contributed by atoms with van der Waals surface area (Å²) in [6.07, 6.45) is 1.36. The van der Waals surface area contributed by atoms with Crippen LogP contribution in [0.1, 0.15) is 31.9 Å². The molecule has 3 amide bonds. The molecule has 2 atom stereocenters. The number of ether oxygens (including phenoxy) is 2. The molecule has 0 N–H and O–H groups in total. The summed E-state index contributed by atoms with van der Waals surface area (Å²) in [6.45, 7) is 5.30. The number of hydrogen-bond acceptors (Lipinski definition) is 5. The van der Waals surface area contributed by atoms with E-state index in [2.05, 4.69) is 0 Å². The van der Waals surface area contributed by atoms with E-state index >= 15 is 0 Å². The number of likely N-dealkylation sites (N-methyl/N-ethyl adjacent to an activating group) is 1. The van der Waals surface area contributed by atoms with Crippen LogP contribution in [0.5, 0.6) is 0 Å². The highest BCUT2D eigenvalue weighted by atomic mass is 16.6. The highest BCUT2D eigenvalue weighted by Crippen LogP contribution is 2.27. The van der Waals surface area contributed by atoms with Crippen molar-refractivity contribution in [1.82, 2.24) is 9.80 Å². The molecule has 0 radical (unpaired) electrons. The fourth-order valence-corrected chi connectivity index (χ4v) is 3.90. The van der Waals surface area contributed by atoms with E-state index in [1.54, 1.807) is 20.8 Å². The van der Waals surface area contributed by atoms with Crippen LogP contribution in [-0.4, -0.2) is 59.5 Å². The number of amides is 3. The molecular formula is C27H32N2O5. The smallest absolute Gasteiger partial charge is 0.410 e. The van der Waals surface area contributed by atoms with Gasteiger partial charge in [-0.05, 0) is 31.9 Å². The molecule has 0 spiro atoms. The van der Waals surface area contributed by atoms with Crippen LogP contribution in [0.2, 0.25) is 0 Å². The Morgan fingerprint density at radius 3 is 2.09 bits per heavy atom. The normalized spacial score (nSPS) is 16.6. The van der Waals surface area contributed by atoms with Crippen LogP contribution >= 0.6 is 0 Å². The second-order valence-corrected chi connectivity index (χ2v) is 9.30. The van der Waals surface area contributed by atoms with Crippen molar-refractivity contribution in [1.29, 1.82) is 0 Å². The number of benzene rings is 2.